The molecule has 0 aromatic carbocycles. The lowest BCUT2D eigenvalue weighted by molar-refractivity contribution is -0.116. The Morgan fingerprint density at radius 1 is 1.30 bits per heavy atom. The number of hydrogen-bond donors (Lipinski definition) is 1. The van der Waals surface area contributed by atoms with Crippen molar-refractivity contribution >= 4 is 11.6 Å². The molecule has 0 fully saturated rings. The Bertz CT molecular complexity index is 584. The second-order valence-electron chi connectivity index (χ2n) is 4.80. The summed E-state index contributed by atoms with van der Waals surface area (Å²) in [6, 6.07) is 0. The summed E-state index contributed by atoms with van der Waals surface area (Å²) in [6.07, 6.45) is 6.77. The Kier molecular flexibility index (Phi) is 4.55. The first-order valence-corrected chi connectivity index (χ1v) is 6.97. The number of anilines is 1. The third kappa shape index (κ3) is 3.26. The molecule has 0 saturated carbocycles. The predicted octanol–water partition coefficient (Wildman–Crippen LogP) is 2.19. The third-order valence-electron chi connectivity index (χ3n) is 3.23. The van der Waals surface area contributed by atoms with Gasteiger partial charge in [0.1, 0.15) is 0 Å². The highest BCUT2D eigenvalue weighted by atomic mass is 16.1. The lowest BCUT2D eigenvalue weighted by Crippen LogP contribution is -2.10. The Labute approximate surface area is 118 Å². The number of aromatic nitrogens is 4. The number of nitrogens with one attached hydrogen (secondary N) is 1. The molecule has 0 spiro atoms. The van der Waals surface area contributed by atoms with Crippen molar-refractivity contribution < 1.29 is 4.79 Å². The van der Waals surface area contributed by atoms with Crippen molar-refractivity contribution in [2.24, 2.45) is 0 Å². The monoisotopic (exact) mass is 275 g/mol. The van der Waals surface area contributed by atoms with Crippen molar-refractivity contribution in [1.82, 2.24) is 19.6 Å². The molecule has 0 aliphatic heterocycles. The van der Waals surface area contributed by atoms with Gasteiger partial charge in [0.2, 0.25) is 5.91 Å². The van der Waals surface area contributed by atoms with Crippen LogP contribution in [0, 0.1) is 6.92 Å². The van der Waals surface area contributed by atoms with Crippen LogP contribution in [0.1, 0.15) is 37.9 Å². The zero-order valence-corrected chi connectivity index (χ0v) is 12.3. The SMILES string of the molecule is CCCC(=O)Nc1cnn(Cc2cnn(CC)c2C)c1. The molecular weight excluding hydrogens is 254 g/mol. The van der Waals surface area contributed by atoms with Gasteiger partial charge in [0.25, 0.3) is 0 Å². The van der Waals surface area contributed by atoms with Gasteiger partial charge in [-0.2, -0.15) is 10.2 Å². The fourth-order valence-corrected chi connectivity index (χ4v) is 2.10. The van der Waals surface area contributed by atoms with Crippen LogP contribution in [0.2, 0.25) is 0 Å². The highest BCUT2D eigenvalue weighted by Gasteiger charge is 2.08. The van der Waals surface area contributed by atoms with E-state index in [1.54, 1.807) is 6.20 Å². The van der Waals surface area contributed by atoms with Gasteiger partial charge in [-0.25, -0.2) is 0 Å². The summed E-state index contributed by atoms with van der Waals surface area (Å²) in [6.45, 7) is 7.63. The van der Waals surface area contributed by atoms with E-state index in [9.17, 15) is 4.79 Å². The van der Waals surface area contributed by atoms with Crippen LogP contribution >= 0.6 is 0 Å². The number of nitrogens with zero attached hydrogens (tertiary/aromatic N) is 4. The molecule has 6 nitrogen and oxygen atoms in total. The second-order valence-corrected chi connectivity index (χ2v) is 4.80. The van der Waals surface area contributed by atoms with Crippen LogP contribution in [0.4, 0.5) is 5.69 Å². The first-order chi connectivity index (χ1) is 9.63. The first kappa shape index (κ1) is 14.3. The molecule has 20 heavy (non-hydrogen) atoms. The van der Waals surface area contributed by atoms with Crippen molar-refractivity contribution in [2.75, 3.05) is 5.32 Å². The van der Waals surface area contributed by atoms with Crippen molar-refractivity contribution in [3.63, 3.8) is 0 Å². The molecular formula is C14H21N5O. The molecule has 0 aliphatic rings. The van der Waals surface area contributed by atoms with Gasteiger partial charge in [0.05, 0.1) is 24.6 Å². The highest BCUT2D eigenvalue weighted by molar-refractivity contribution is 5.90. The second kappa shape index (κ2) is 6.36. The van der Waals surface area contributed by atoms with Crippen LogP contribution in [-0.2, 0) is 17.9 Å². The molecule has 2 heterocycles. The number of amides is 1. The van der Waals surface area contributed by atoms with Crippen LogP contribution in [0.3, 0.4) is 0 Å². The van der Waals surface area contributed by atoms with E-state index in [1.807, 2.05) is 28.7 Å². The summed E-state index contributed by atoms with van der Waals surface area (Å²) in [5.41, 5.74) is 3.03. The summed E-state index contributed by atoms with van der Waals surface area (Å²) >= 11 is 0. The minimum absolute atomic E-state index is 0.0297. The van der Waals surface area contributed by atoms with Gasteiger partial charge in [-0.15, -0.1) is 0 Å². The van der Waals surface area contributed by atoms with E-state index in [0.717, 1.165) is 29.9 Å². The molecule has 1 amide bonds. The topological polar surface area (TPSA) is 64.7 Å². The van der Waals surface area contributed by atoms with Crippen molar-refractivity contribution in [3.8, 4) is 0 Å². The minimum atomic E-state index is 0.0297. The molecule has 2 aromatic heterocycles. The lowest BCUT2D eigenvalue weighted by Gasteiger charge is -2.03. The van der Waals surface area contributed by atoms with E-state index >= 15 is 0 Å². The molecule has 0 saturated heterocycles. The molecule has 2 aromatic rings. The Morgan fingerprint density at radius 2 is 2.10 bits per heavy atom. The molecule has 0 aliphatic carbocycles. The maximum absolute atomic E-state index is 11.5. The average Bonchev–Trinajstić information content (AvgIpc) is 2.98. The minimum Gasteiger partial charge on any atom is -0.323 e. The predicted molar refractivity (Wildman–Crippen MR) is 77.5 cm³/mol. The Balaban J connectivity index is 2.02. The van der Waals surface area contributed by atoms with Gasteiger partial charge < -0.3 is 5.32 Å². The molecule has 6 heteroatoms. The maximum atomic E-state index is 11.5. The van der Waals surface area contributed by atoms with Crippen molar-refractivity contribution in [1.29, 1.82) is 0 Å². The van der Waals surface area contributed by atoms with Crippen LogP contribution < -0.4 is 5.32 Å². The Morgan fingerprint density at radius 3 is 2.75 bits per heavy atom. The van der Waals surface area contributed by atoms with Crippen molar-refractivity contribution in [3.05, 3.63) is 29.8 Å². The molecule has 108 valence electrons. The maximum Gasteiger partial charge on any atom is 0.224 e. The van der Waals surface area contributed by atoms with E-state index in [2.05, 4.69) is 29.4 Å². The fourth-order valence-electron chi connectivity index (χ4n) is 2.10. The smallest absolute Gasteiger partial charge is 0.224 e. The quantitative estimate of drug-likeness (QED) is 0.879. The highest BCUT2D eigenvalue weighted by Crippen LogP contribution is 2.11. The molecule has 2 rings (SSSR count). The molecule has 0 bridgehead atoms. The van der Waals surface area contributed by atoms with Crippen LogP contribution in [0.5, 0.6) is 0 Å². The number of rotatable bonds is 6. The molecule has 1 N–H and O–H groups in total. The van der Waals surface area contributed by atoms with Gasteiger partial charge in [0.15, 0.2) is 0 Å². The van der Waals surface area contributed by atoms with E-state index < -0.39 is 0 Å². The van der Waals surface area contributed by atoms with Crippen LogP contribution in [0.15, 0.2) is 18.6 Å². The number of aryl methyl sites for hydroxylation is 1. The van der Waals surface area contributed by atoms with Gasteiger partial charge in [0, 0.05) is 30.4 Å². The number of carbonyl (C=O) groups excluding carboxylic acids is 1. The summed E-state index contributed by atoms with van der Waals surface area (Å²) in [5.74, 6) is 0.0297. The zero-order chi connectivity index (χ0) is 14.5. The summed E-state index contributed by atoms with van der Waals surface area (Å²) < 4.78 is 3.77. The van der Waals surface area contributed by atoms with Crippen LogP contribution in [-0.4, -0.2) is 25.5 Å². The normalized spacial score (nSPS) is 10.8. The summed E-state index contributed by atoms with van der Waals surface area (Å²) in [7, 11) is 0. The van der Waals surface area contributed by atoms with Crippen molar-refractivity contribution in [2.45, 2.75) is 46.7 Å². The number of hydrogen-bond acceptors (Lipinski definition) is 3. The van der Waals surface area contributed by atoms with Gasteiger partial charge in [-0.3, -0.25) is 14.2 Å². The van der Waals surface area contributed by atoms with E-state index in [0.29, 0.717) is 13.0 Å². The average molecular weight is 275 g/mol. The largest absolute Gasteiger partial charge is 0.323 e. The van der Waals surface area contributed by atoms with Gasteiger partial charge in [-0.05, 0) is 20.3 Å². The van der Waals surface area contributed by atoms with E-state index in [1.165, 1.54) is 0 Å². The first-order valence-electron chi connectivity index (χ1n) is 6.97. The fraction of sp³-hybridized carbons (Fsp3) is 0.500. The molecule has 0 radical (unpaired) electrons. The van der Waals surface area contributed by atoms with E-state index in [4.69, 9.17) is 0 Å². The standard InChI is InChI=1S/C14H21N5O/c1-4-6-14(20)17-13-8-15-18(10-13)9-12-7-16-19(5-2)11(12)3/h7-8,10H,4-6,9H2,1-3H3,(H,17,20). The van der Waals surface area contributed by atoms with Gasteiger partial charge >= 0.3 is 0 Å². The lowest BCUT2D eigenvalue weighted by atomic mass is 10.2. The van der Waals surface area contributed by atoms with E-state index in [-0.39, 0.29) is 5.91 Å². The van der Waals surface area contributed by atoms with Crippen LogP contribution in [0.25, 0.3) is 0 Å². The molecule has 0 unspecified atom stereocenters. The summed E-state index contributed by atoms with van der Waals surface area (Å²) in [4.78, 5) is 11.5. The van der Waals surface area contributed by atoms with Gasteiger partial charge in [-0.1, -0.05) is 6.92 Å². The molecule has 0 atom stereocenters. The third-order valence-corrected chi connectivity index (χ3v) is 3.23. The zero-order valence-electron chi connectivity index (χ0n) is 12.3. The number of carbonyl (C=O) groups is 1. The summed E-state index contributed by atoms with van der Waals surface area (Å²) in [5, 5.41) is 11.4. The Hall–Kier alpha value is -2.11.